The lowest BCUT2D eigenvalue weighted by Crippen LogP contribution is -2.16. The summed E-state index contributed by atoms with van der Waals surface area (Å²) < 4.78 is 0. The molecule has 0 spiro atoms. The average Bonchev–Trinajstić information content (AvgIpc) is 2.22. The van der Waals surface area contributed by atoms with Crippen molar-refractivity contribution in [1.29, 1.82) is 0 Å². The summed E-state index contributed by atoms with van der Waals surface area (Å²) in [6, 6.07) is 0.0264. The van der Waals surface area contributed by atoms with Gasteiger partial charge in [-0.3, -0.25) is 4.99 Å². The Morgan fingerprint density at radius 2 is 1.94 bits per heavy atom. The highest BCUT2D eigenvalue weighted by Crippen LogP contribution is 2.13. The van der Waals surface area contributed by atoms with Gasteiger partial charge in [0, 0.05) is 18.8 Å². The van der Waals surface area contributed by atoms with Gasteiger partial charge in [-0.25, -0.2) is 0 Å². The van der Waals surface area contributed by atoms with Crippen molar-refractivity contribution in [3.05, 3.63) is 24.3 Å². The summed E-state index contributed by atoms with van der Waals surface area (Å²) in [5.41, 5.74) is 6.78. The van der Waals surface area contributed by atoms with Gasteiger partial charge in [0.25, 0.3) is 0 Å². The lowest BCUT2D eigenvalue weighted by Gasteiger charge is -2.13. The maximum Gasteiger partial charge on any atom is 0.0391 e. The van der Waals surface area contributed by atoms with E-state index >= 15 is 0 Å². The Balaban J connectivity index is 3.98. The van der Waals surface area contributed by atoms with E-state index in [1.165, 1.54) is 0 Å². The van der Waals surface area contributed by atoms with Crippen LogP contribution in [0.15, 0.2) is 29.3 Å². The molecule has 2 N–H and O–H groups in total. The van der Waals surface area contributed by atoms with E-state index in [1.807, 2.05) is 19.2 Å². The van der Waals surface area contributed by atoms with Gasteiger partial charge in [0.15, 0.2) is 0 Å². The Morgan fingerprint density at radius 3 is 2.38 bits per heavy atom. The van der Waals surface area contributed by atoms with Crippen LogP contribution in [0.5, 0.6) is 0 Å². The van der Waals surface area contributed by atoms with Crippen LogP contribution in [0.1, 0.15) is 34.1 Å². The third-order valence-corrected chi connectivity index (χ3v) is 2.99. The topological polar surface area (TPSA) is 38.4 Å². The van der Waals surface area contributed by atoms with Crippen LogP contribution in [0.25, 0.3) is 0 Å². The number of rotatable bonds is 7. The highest BCUT2D eigenvalue weighted by atomic mass is 14.7. The molecule has 0 fully saturated rings. The number of hydrogen-bond acceptors (Lipinski definition) is 2. The minimum atomic E-state index is 0.0264. The zero-order chi connectivity index (χ0) is 12.6. The second kappa shape index (κ2) is 8.28. The molecule has 0 aliphatic heterocycles. The molecule has 0 aromatic heterocycles. The molecule has 2 heteroatoms. The SMILES string of the molecule is C=C/C(=C\C=N\CCC(C)C(C)C)C(C)N. The largest absolute Gasteiger partial charge is 0.324 e. The summed E-state index contributed by atoms with van der Waals surface area (Å²) in [6.07, 6.45) is 6.71. The fraction of sp³-hybridized carbons (Fsp3) is 0.643. The van der Waals surface area contributed by atoms with E-state index in [9.17, 15) is 0 Å². The highest BCUT2D eigenvalue weighted by Gasteiger charge is 2.04. The molecule has 2 nitrogen and oxygen atoms in total. The van der Waals surface area contributed by atoms with E-state index in [4.69, 9.17) is 5.73 Å². The van der Waals surface area contributed by atoms with Gasteiger partial charge >= 0.3 is 0 Å². The van der Waals surface area contributed by atoms with E-state index in [2.05, 4.69) is 32.3 Å². The molecule has 0 aliphatic carbocycles. The molecule has 2 unspecified atom stereocenters. The number of nitrogens with zero attached hydrogens (tertiary/aromatic N) is 1. The molecule has 0 saturated carbocycles. The van der Waals surface area contributed by atoms with Crippen LogP contribution in [-0.4, -0.2) is 18.8 Å². The highest BCUT2D eigenvalue weighted by molar-refractivity contribution is 5.73. The van der Waals surface area contributed by atoms with Crippen LogP contribution in [0, 0.1) is 11.8 Å². The van der Waals surface area contributed by atoms with Crippen molar-refractivity contribution in [2.24, 2.45) is 22.6 Å². The molecule has 92 valence electrons. The van der Waals surface area contributed by atoms with E-state index in [1.54, 1.807) is 6.08 Å². The van der Waals surface area contributed by atoms with E-state index in [0.717, 1.165) is 30.4 Å². The molecule has 0 rings (SSSR count). The van der Waals surface area contributed by atoms with Crippen molar-refractivity contribution in [3.8, 4) is 0 Å². The first-order valence-corrected chi connectivity index (χ1v) is 6.07. The van der Waals surface area contributed by atoms with Gasteiger partial charge in [-0.1, -0.05) is 33.4 Å². The lowest BCUT2D eigenvalue weighted by molar-refractivity contribution is 0.398. The standard InChI is InChI=1S/C14H26N2/c1-6-14(13(5)15)8-10-16-9-7-12(4)11(2)3/h6,8,10-13H,1,7,9,15H2,2-5H3/b14-8+,16-10+. The molecule has 0 amide bonds. The summed E-state index contributed by atoms with van der Waals surface area (Å²) in [5.74, 6) is 1.46. The summed E-state index contributed by atoms with van der Waals surface area (Å²) in [4.78, 5) is 4.36. The molecule has 0 aliphatic rings. The van der Waals surface area contributed by atoms with Crippen molar-refractivity contribution < 1.29 is 0 Å². The Bertz CT molecular complexity index is 249. The molecule has 0 aromatic rings. The van der Waals surface area contributed by atoms with Crippen molar-refractivity contribution in [2.45, 2.75) is 40.2 Å². The van der Waals surface area contributed by atoms with Crippen LogP contribution >= 0.6 is 0 Å². The van der Waals surface area contributed by atoms with Crippen LogP contribution < -0.4 is 5.73 Å². The van der Waals surface area contributed by atoms with Gasteiger partial charge in [0.2, 0.25) is 0 Å². The molecule has 0 heterocycles. The second-order valence-electron chi connectivity index (χ2n) is 4.72. The first-order valence-electron chi connectivity index (χ1n) is 6.07. The van der Waals surface area contributed by atoms with Gasteiger partial charge in [0.1, 0.15) is 0 Å². The average molecular weight is 222 g/mol. The predicted molar refractivity (Wildman–Crippen MR) is 73.9 cm³/mol. The van der Waals surface area contributed by atoms with E-state index < -0.39 is 0 Å². The smallest absolute Gasteiger partial charge is 0.0391 e. The minimum absolute atomic E-state index is 0.0264. The normalized spacial score (nSPS) is 16.8. The van der Waals surface area contributed by atoms with Gasteiger partial charge in [-0.2, -0.15) is 0 Å². The first kappa shape index (κ1) is 15.1. The third kappa shape index (κ3) is 6.57. The maximum absolute atomic E-state index is 5.75. The van der Waals surface area contributed by atoms with Crippen LogP contribution in [-0.2, 0) is 0 Å². The molecule has 0 bridgehead atoms. The first-order chi connectivity index (χ1) is 7.49. The van der Waals surface area contributed by atoms with Gasteiger partial charge < -0.3 is 5.73 Å². The maximum atomic E-state index is 5.75. The molecule has 0 radical (unpaired) electrons. The zero-order valence-corrected chi connectivity index (χ0v) is 11.1. The summed E-state index contributed by atoms with van der Waals surface area (Å²) in [6.45, 7) is 13.3. The van der Waals surface area contributed by atoms with E-state index in [-0.39, 0.29) is 6.04 Å². The Kier molecular flexibility index (Phi) is 7.82. The van der Waals surface area contributed by atoms with Gasteiger partial charge in [0.05, 0.1) is 0 Å². The molecular weight excluding hydrogens is 196 g/mol. The van der Waals surface area contributed by atoms with Gasteiger partial charge in [-0.15, -0.1) is 0 Å². The molecule has 2 atom stereocenters. The Labute approximate surface area is 100 Å². The summed E-state index contributed by atoms with van der Waals surface area (Å²) in [5, 5.41) is 0. The number of aliphatic imine (C=N–C) groups is 1. The van der Waals surface area contributed by atoms with Crippen molar-refractivity contribution in [1.82, 2.24) is 0 Å². The molecule has 0 saturated heterocycles. The molecule has 0 aromatic carbocycles. The number of nitrogens with two attached hydrogens (primary N) is 1. The quantitative estimate of drug-likeness (QED) is 0.521. The van der Waals surface area contributed by atoms with Crippen LogP contribution in [0.2, 0.25) is 0 Å². The lowest BCUT2D eigenvalue weighted by atomic mass is 9.95. The molecule has 16 heavy (non-hydrogen) atoms. The third-order valence-electron chi connectivity index (χ3n) is 2.99. The van der Waals surface area contributed by atoms with Crippen LogP contribution in [0.4, 0.5) is 0 Å². The van der Waals surface area contributed by atoms with Crippen LogP contribution in [0.3, 0.4) is 0 Å². The van der Waals surface area contributed by atoms with Gasteiger partial charge in [-0.05, 0) is 36.8 Å². The Hall–Kier alpha value is -0.890. The predicted octanol–water partition coefficient (Wildman–Crippen LogP) is 3.20. The fourth-order valence-electron chi connectivity index (χ4n) is 1.23. The Morgan fingerprint density at radius 1 is 1.31 bits per heavy atom. The van der Waals surface area contributed by atoms with Crippen molar-refractivity contribution >= 4 is 6.21 Å². The summed E-state index contributed by atoms with van der Waals surface area (Å²) in [7, 11) is 0. The molecular formula is C14H26N2. The summed E-state index contributed by atoms with van der Waals surface area (Å²) >= 11 is 0. The minimum Gasteiger partial charge on any atom is -0.324 e. The fourth-order valence-corrected chi connectivity index (χ4v) is 1.23. The number of hydrogen-bond donors (Lipinski definition) is 1. The number of allylic oxidation sites excluding steroid dienone is 1. The monoisotopic (exact) mass is 222 g/mol. The second-order valence-corrected chi connectivity index (χ2v) is 4.72. The zero-order valence-electron chi connectivity index (χ0n) is 11.1. The van der Waals surface area contributed by atoms with Crippen molar-refractivity contribution in [3.63, 3.8) is 0 Å². The van der Waals surface area contributed by atoms with Crippen molar-refractivity contribution in [2.75, 3.05) is 6.54 Å². The van der Waals surface area contributed by atoms with E-state index in [0.29, 0.717) is 0 Å².